The molecule has 0 radical (unpaired) electrons. The van der Waals surface area contributed by atoms with Crippen LogP contribution < -0.4 is 0 Å². The van der Waals surface area contributed by atoms with Gasteiger partial charge in [0.25, 0.3) is 0 Å². The van der Waals surface area contributed by atoms with Crippen LogP contribution in [0.25, 0.3) is 0 Å². The number of aliphatic hydroxyl groups is 2. The van der Waals surface area contributed by atoms with Gasteiger partial charge in [-0.05, 0) is 25.7 Å². The molecule has 3 atom stereocenters. The van der Waals surface area contributed by atoms with Crippen LogP contribution in [0.3, 0.4) is 0 Å². The van der Waals surface area contributed by atoms with Gasteiger partial charge in [-0.25, -0.2) is 0 Å². The Morgan fingerprint density at radius 3 is 2.47 bits per heavy atom. The van der Waals surface area contributed by atoms with E-state index in [9.17, 15) is 5.11 Å². The molecule has 15 heavy (non-hydrogen) atoms. The summed E-state index contributed by atoms with van der Waals surface area (Å²) in [5.74, 6) is 5.76. The minimum Gasteiger partial charge on any atom is -0.381 e. The highest BCUT2D eigenvalue weighted by Gasteiger charge is 2.48. The second-order valence-corrected chi connectivity index (χ2v) is 5.39. The van der Waals surface area contributed by atoms with Crippen molar-refractivity contribution < 1.29 is 10.2 Å². The fraction of sp³-hybridized carbons (Fsp3) is 0.846. The van der Waals surface area contributed by atoms with Gasteiger partial charge in [-0.15, -0.1) is 0 Å². The van der Waals surface area contributed by atoms with Gasteiger partial charge in [0.15, 0.2) is 0 Å². The molecular formula is C13H22O2. The maximum Gasteiger partial charge on any atom is 0.133 e. The second-order valence-electron chi connectivity index (χ2n) is 5.39. The van der Waals surface area contributed by atoms with E-state index in [1.807, 2.05) is 6.92 Å². The summed E-state index contributed by atoms with van der Waals surface area (Å²) in [5, 5.41) is 19.8. The fourth-order valence-electron chi connectivity index (χ4n) is 2.42. The van der Waals surface area contributed by atoms with Gasteiger partial charge in [-0.3, -0.25) is 0 Å². The summed E-state index contributed by atoms with van der Waals surface area (Å²) in [5.41, 5.74) is -1.14. The van der Waals surface area contributed by atoms with Crippen molar-refractivity contribution in [2.75, 3.05) is 0 Å². The van der Waals surface area contributed by atoms with E-state index in [2.05, 4.69) is 25.7 Å². The largest absolute Gasteiger partial charge is 0.381 e. The van der Waals surface area contributed by atoms with E-state index in [0.717, 1.165) is 19.3 Å². The highest BCUT2D eigenvalue weighted by Crippen LogP contribution is 2.46. The molecule has 2 N–H and O–H groups in total. The van der Waals surface area contributed by atoms with Gasteiger partial charge in [-0.2, -0.15) is 0 Å². The highest BCUT2D eigenvalue weighted by atomic mass is 16.3. The first-order valence-corrected chi connectivity index (χ1v) is 5.73. The van der Waals surface area contributed by atoms with Crippen LogP contribution in [-0.4, -0.2) is 21.9 Å². The van der Waals surface area contributed by atoms with Crippen molar-refractivity contribution in [3.8, 4) is 11.8 Å². The van der Waals surface area contributed by atoms with Gasteiger partial charge in [0.2, 0.25) is 0 Å². The Labute approximate surface area is 92.7 Å². The standard InChI is InChI=1S/C13H22O2/c1-10-6-5-8-12(3,4)13(10,15)9-7-11(2)14/h10-11,14-15H,5-6,8H2,1-4H3/t10-,11-,13-/m1/s1. The molecule has 0 saturated heterocycles. The predicted molar refractivity (Wildman–Crippen MR) is 61.2 cm³/mol. The highest BCUT2D eigenvalue weighted by molar-refractivity contribution is 5.23. The van der Waals surface area contributed by atoms with Crippen LogP contribution in [0.15, 0.2) is 0 Å². The SMILES string of the molecule is C[C@@H]1CCCC(C)(C)[C@@]1(O)C#C[C@@H](C)O. The summed E-state index contributed by atoms with van der Waals surface area (Å²) in [6, 6.07) is 0. The second kappa shape index (κ2) is 4.15. The van der Waals surface area contributed by atoms with E-state index >= 15 is 0 Å². The number of aliphatic hydroxyl groups excluding tert-OH is 1. The maximum atomic E-state index is 10.6. The molecule has 0 aromatic carbocycles. The molecule has 1 saturated carbocycles. The minimum absolute atomic E-state index is 0.174. The first-order valence-electron chi connectivity index (χ1n) is 5.73. The molecule has 2 nitrogen and oxygen atoms in total. The Bertz CT molecular complexity index is 283. The molecule has 2 heteroatoms. The Kier molecular flexibility index (Phi) is 3.48. The molecule has 0 aromatic rings. The summed E-state index contributed by atoms with van der Waals surface area (Å²) in [4.78, 5) is 0. The molecule has 0 unspecified atom stereocenters. The molecule has 0 spiro atoms. The predicted octanol–water partition coefficient (Wildman–Crippen LogP) is 1.95. The van der Waals surface area contributed by atoms with E-state index in [-0.39, 0.29) is 11.3 Å². The molecule has 1 rings (SSSR count). The zero-order valence-corrected chi connectivity index (χ0v) is 10.2. The molecule has 0 amide bonds. The van der Waals surface area contributed by atoms with Gasteiger partial charge in [0.05, 0.1) is 0 Å². The molecule has 0 aliphatic heterocycles. The summed E-state index contributed by atoms with van der Waals surface area (Å²) < 4.78 is 0. The lowest BCUT2D eigenvalue weighted by Gasteiger charge is -2.47. The van der Waals surface area contributed by atoms with Crippen LogP contribution in [-0.2, 0) is 0 Å². The van der Waals surface area contributed by atoms with Gasteiger partial charge in [0.1, 0.15) is 11.7 Å². The molecule has 0 bridgehead atoms. The quantitative estimate of drug-likeness (QED) is 0.600. The Hall–Kier alpha value is -0.520. The Morgan fingerprint density at radius 1 is 1.40 bits per heavy atom. The van der Waals surface area contributed by atoms with Crippen LogP contribution in [0, 0.1) is 23.2 Å². The zero-order valence-electron chi connectivity index (χ0n) is 10.2. The van der Waals surface area contributed by atoms with E-state index < -0.39 is 11.7 Å². The van der Waals surface area contributed by atoms with E-state index in [4.69, 9.17) is 5.11 Å². The molecule has 1 aliphatic carbocycles. The van der Waals surface area contributed by atoms with E-state index in [1.165, 1.54) is 0 Å². The topological polar surface area (TPSA) is 40.5 Å². The number of rotatable bonds is 0. The molecule has 1 fully saturated rings. The Balaban J connectivity index is 3.00. The fourth-order valence-corrected chi connectivity index (χ4v) is 2.42. The van der Waals surface area contributed by atoms with Crippen molar-refractivity contribution in [2.24, 2.45) is 11.3 Å². The van der Waals surface area contributed by atoms with Crippen molar-refractivity contribution in [3.63, 3.8) is 0 Å². The summed E-state index contributed by atoms with van der Waals surface area (Å²) >= 11 is 0. The third-order valence-corrected chi connectivity index (χ3v) is 3.66. The molecule has 1 aliphatic rings. The molecule has 0 heterocycles. The number of hydrogen-bond donors (Lipinski definition) is 2. The minimum atomic E-state index is -0.956. The third kappa shape index (κ3) is 2.35. The average Bonchev–Trinajstić information content (AvgIpc) is 2.11. The average molecular weight is 210 g/mol. The lowest BCUT2D eigenvalue weighted by atomic mass is 9.61. The zero-order chi connectivity index (χ0) is 11.7. The smallest absolute Gasteiger partial charge is 0.133 e. The van der Waals surface area contributed by atoms with Crippen LogP contribution >= 0.6 is 0 Å². The van der Waals surface area contributed by atoms with Crippen molar-refractivity contribution >= 4 is 0 Å². The van der Waals surface area contributed by atoms with Gasteiger partial charge in [-0.1, -0.05) is 39.0 Å². The molecule has 0 aromatic heterocycles. The third-order valence-electron chi connectivity index (χ3n) is 3.66. The van der Waals surface area contributed by atoms with Crippen LogP contribution in [0.1, 0.15) is 47.0 Å². The summed E-state index contributed by atoms with van der Waals surface area (Å²) in [6.07, 6.45) is 2.47. The van der Waals surface area contributed by atoms with Crippen molar-refractivity contribution in [1.29, 1.82) is 0 Å². The summed E-state index contributed by atoms with van der Waals surface area (Å²) in [7, 11) is 0. The van der Waals surface area contributed by atoms with Crippen LogP contribution in [0.4, 0.5) is 0 Å². The van der Waals surface area contributed by atoms with E-state index in [0.29, 0.717) is 0 Å². The van der Waals surface area contributed by atoms with Crippen LogP contribution in [0.5, 0.6) is 0 Å². The number of hydrogen-bond acceptors (Lipinski definition) is 2. The van der Waals surface area contributed by atoms with E-state index in [1.54, 1.807) is 6.92 Å². The lowest BCUT2D eigenvalue weighted by Crippen LogP contribution is -2.51. The lowest BCUT2D eigenvalue weighted by molar-refractivity contribution is -0.0862. The summed E-state index contributed by atoms with van der Waals surface area (Å²) in [6.45, 7) is 7.77. The van der Waals surface area contributed by atoms with Crippen LogP contribution in [0.2, 0.25) is 0 Å². The van der Waals surface area contributed by atoms with Crippen molar-refractivity contribution in [3.05, 3.63) is 0 Å². The maximum absolute atomic E-state index is 10.6. The van der Waals surface area contributed by atoms with Gasteiger partial charge < -0.3 is 10.2 Å². The first-order chi connectivity index (χ1) is 6.79. The van der Waals surface area contributed by atoms with Crippen molar-refractivity contribution in [1.82, 2.24) is 0 Å². The monoisotopic (exact) mass is 210 g/mol. The van der Waals surface area contributed by atoms with Gasteiger partial charge in [0, 0.05) is 5.41 Å². The Morgan fingerprint density at radius 2 is 2.00 bits per heavy atom. The normalized spacial score (nSPS) is 36.5. The van der Waals surface area contributed by atoms with Gasteiger partial charge >= 0.3 is 0 Å². The first kappa shape index (κ1) is 12.5. The molecular weight excluding hydrogens is 188 g/mol. The van der Waals surface area contributed by atoms with Crippen molar-refractivity contribution in [2.45, 2.75) is 58.7 Å². The molecule has 86 valence electrons.